The van der Waals surface area contributed by atoms with Crippen molar-refractivity contribution in [3.05, 3.63) is 35.4 Å². The minimum atomic E-state index is 0.649. The van der Waals surface area contributed by atoms with E-state index in [0.717, 1.165) is 12.3 Å². The molecule has 0 radical (unpaired) electrons. The Kier molecular flexibility index (Phi) is 5.91. The van der Waals surface area contributed by atoms with Gasteiger partial charge < -0.3 is 5.32 Å². The van der Waals surface area contributed by atoms with Crippen molar-refractivity contribution in [2.75, 3.05) is 7.05 Å². The minimum absolute atomic E-state index is 0.649. The second-order valence-corrected chi connectivity index (χ2v) is 6.10. The van der Waals surface area contributed by atoms with Crippen molar-refractivity contribution in [1.82, 2.24) is 5.32 Å². The van der Waals surface area contributed by atoms with Gasteiger partial charge in [-0.2, -0.15) is 0 Å². The molecule has 0 saturated heterocycles. The number of nitrogens with one attached hydrogen (secondary N) is 1. The Hall–Kier alpha value is -0.820. The summed E-state index contributed by atoms with van der Waals surface area (Å²) in [6.45, 7) is 2.22. The molecule has 1 aliphatic rings. The predicted molar refractivity (Wildman–Crippen MR) is 83.6 cm³/mol. The van der Waals surface area contributed by atoms with Crippen molar-refractivity contribution in [3.8, 4) is 0 Å². The van der Waals surface area contributed by atoms with Crippen molar-refractivity contribution in [2.45, 2.75) is 64.3 Å². The monoisotopic (exact) mass is 259 g/mol. The van der Waals surface area contributed by atoms with Crippen LogP contribution in [-0.4, -0.2) is 13.1 Å². The number of hydrogen-bond donors (Lipinski definition) is 1. The molecule has 1 aliphatic carbocycles. The Morgan fingerprint density at radius 1 is 1.05 bits per heavy atom. The summed E-state index contributed by atoms with van der Waals surface area (Å²) in [4.78, 5) is 0. The van der Waals surface area contributed by atoms with E-state index in [9.17, 15) is 0 Å². The van der Waals surface area contributed by atoms with Crippen LogP contribution in [0.15, 0.2) is 24.3 Å². The lowest BCUT2D eigenvalue weighted by molar-refractivity contribution is 0.302. The van der Waals surface area contributed by atoms with Crippen molar-refractivity contribution in [3.63, 3.8) is 0 Å². The normalized spacial score (nSPS) is 18.4. The molecule has 0 amide bonds. The molecule has 0 aromatic heterocycles. The molecule has 0 heterocycles. The van der Waals surface area contributed by atoms with E-state index in [1.165, 1.54) is 56.1 Å². The molecule has 1 unspecified atom stereocenters. The molecule has 1 N–H and O–H groups in total. The molecule has 1 saturated carbocycles. The zero-order valence-electron chi connectivity index (χ0n) is 12.6. The smallest absolute Gasteiger partial charge is 0.0107 e. The molecule has 106 valence electrons. The summed E-state index contributed by atoms with van der Waals surface area (Å²) in [7, 11) is 2.12. The molecule has 0 aliphatic heterocycles. The van der Waals surface area contributed by atoms with Crippen LogP contribution in [0.25, 0.3) is 0 Å². The average molecular weight is 259 g/mol. The Labute approximate surface area is 118 Å². The van der Waals surface area contributed by atoms with Crippen LogP contribution >= 0.6 is 0 Å². The highest BCUT2D eigenvalue weighted by Crippen LogP contribution is 2.28. The van der Waals surface area contributed by atoms with E-state index >= 15 is 0 Å². The van der Waals surface area contributed by atoms with E-state index < -0.39 is 0 Å². The van der Waals surface area contributed by atoms with Gasteiger partial charge in [0.25, 0.3) is 0 Å². The lowest BCUT2D eigenvalue weighted by Crippen LogP contribution is -2.30. The van der Waals surface area contributed by atoms with Gasteiger partial charge in [0.15, 0.2) is 0 Å². The molecule has 1 fully saturated rings. The Morgan fingerprint density at radius 2 is 1.68 bits per heavy atom. The first-order chi connectivity index (χ1) is 9.31. The lowest BCUT2D eigenvalue weighted by atomic mass is 9.83. The maximum Gasteiger partial charge on any atom is 0.0107 e. The number of hydrogen-bond acceptors (Lipinski definition) is 1. The average Bonchev–Trinajstić information content (AvgIpc) is 2.48. The third-order valence-electron chi connectivity index (χ3n) is 4.66. The van der Waals surface area contributed by atoms with E-state index in [1.54, 1.807) is 0 Å². The maximum atomic E-state index is 3.53. The van der Waals surface area contributed by atoms with Crippen LogP contribution in [0.2, 0.25) is 0 Å². The molecule has 19 heavy (non-hydrogen) atoms. The van der Waals surface area contributed by atoms with Crippen LogP contribution < -0.4 is 5.32 Å². The quantitative estimate of drug-likeness (QED) is 0.801. The highest BCUT2D eigenvalue weighted by atomic mass is 14.9. The van der Waals surface area contributed by atoms with Gasteiger partial charge in [0.1, 0.15) is 0 Å². The summed E-state index contributed by atoms with van der Waals surface area (Å²) in [5.41, 5.74) is 2.92. The zero-order chi connectivity index (χ0) is 13.5. The minimum Gasteiger partial charge on any atom is -0.317 e. The van der Waals surface area contributed by atoms with E-state index in [2.05, 4.69) is 43.6 Å². The Balaban J connectivity index is 1.86. The molecule has 2 rings (SSSR count). The van der Waals surface area contributed by atoms with Crippen LogP contribution in [0.4, 0.5) is 0 Å². The number of aryl methyl sites for hydroxylation is 1. The van der Waals surface area contributed by atoms with Crippen LogP contribution in [0.1, 0.15) is 56.6 Å². The lowest BCUT2D eigenvalue weighted by Gasteiger charge is -2.26. The van der Waals surface area contributed by atoms with E-state index in [0.29, 0.717) is 6.04 Å². The number of rotatable bonds is 6. The molecule has 1 aromatic carbocycles. The van der Waals surface area contributed by atoms with Crippen LogP contribution in [0.3, 0.4) is 0 Å². The highest BCUT2D eigenvalue weighted by molar-refractivity contribution is 5.23. The summed E-state index contributed by atoms with van der Waals surface area (Å²) in [6.07, 6.45) is 10.9. The molecular formula is C18H29N. The van der Waals surface area contributed by atoms with Gasteiger partial charge in [-0.25, -0.2) is 0 Å². The largest absolute Gasteiger partial charge is 0.317 e. The summed E-state index contributed by atoms with van der Waals surface area (Å²) in [5.74, 6) is 0.959. The van der Waals surface area contributed by atoms with Gasteiger partial charge in [-0.1, -0.05) is 63.3 Å². The van der Waals surface area contributed by atoms with Gasteiger partial charge in [-0.15, -0.1) is 0 Å². The third kappa shape index (κ3) is 4.65. The van der Waals surface area contributed by atoms with Crippen LogP contribution in [-0.2, 0) is 12.8 Å². The van der Waals surface area contributed by atoms with Gasteiger partial charge in [0.05, 0.1) is 0 Å². The highest BCUT2D eigenvalue weighted by Gasteiger charge is 2.18. The van der Waals surface area contributed by atoms with Gasteiger partial charge in [-0.05, 0) is 43.4 Å². The first-order valence-corrected chi connectivity index (χ1v) is 8.07. The van der Waals surface area contributed by atoms with Crippen molar-refractivity contribution in [2.24, 2.45) is 5.92 Å². The molecule has 1 nitrogen and oxygen atoms in total. The molecular weight excluding hydrogens is 230 g/mol. The SMILES string of the molecule is CCc1ccc(CC(CC2CCCCC2)NC)cc1. The van der Waals surface area contributed by atoms with Gasteiger partial charge in [-0.3, -0.25) is 0 Å². The van der Waals surface area contributed by atoms with Crippen LogP contribution in [0.5, 0.6) is 0 Å². The summed E-state index contributed by atoms with van der Waals surface area (Å²) < 4.78 is 0. The summed E-state index contributed by atoms with van der Waals surface area (Å²) >= 11 is 0. The second-order valence-electron chi connectivity index (χ2n) is 6.10. The molecule has 0 spiro atoms. The fraction of sp³-hybridized carbons (Fsp3) is 0.667. The van der Waals surface area contributed by atoms with E-state index in [4.69, 9.17) is 0 Å². The first kappa shape index (κ1) is 14.6. The Bertz CT molecular complexity index is 348. The summed E-state index contributed by atoms with van der Waals surface area (Å²) in [6, 6.07) is 9.83. The first-order valence-electron chi connectivity index (χ1n) is 8.07. The van der Waals surface area contributed by atoms with Gasteiger partial charge >= 0.3 is 0 Å². The van der Waals surface area contributed by atoms with Crippen molar-refractivity contribution < 1.29 is 0 Å². The van der Waals surface area contributed by atoms with Gasteiger partial charge in [0.2, 0.25) is 0 Å². The van der Waals surface area contributed by atoms with E-state index in [1.807, 2.05) is 0 Å². The predicted octanol–water partition coefficient (Wildman–Crippen LogP) is 4.35. The van der Waals surface area contributed by atoms with Crippen molar-refractivity contribution >= 4 is 0 Å². The fourth-order valence-corrected chi connectivity index (χ4v) is 3.32. The number of benzene rings is 1. The zero-order valence-corrected chi connectivity index (χ0v) is 12.6. The van der Waals surface area contributed by atoms with Crippen molar-refractivity contribution in [1.29, 1.82) is 0 Å². The number of likely N-dealkylation sites (N-methyl/N-ethyl adjacent to an activating group) is 1. The van der Waals surface area contributed by atoms with Gasteiger partial charge in [0, 0.05) is 6.04 Å². The van der Waals surface area contributed by atoms with E-state index in [-0.39, 0.29) is 0 Å². The van der Waals surface area contributed by atoms with Crippen LogP contribution in [0, 0.1) is 5.92 Å². The topological polar surface area (TPSA) is 12.0 Å². The standard InChI is InChI=1S/C18H29N/c1-3-15-9-11-17(12-10-15)14-18(19-2)13-16-7-5-4-6-8-16/h9-12,16,18-19H,3-8,13-14H2,1-2H3. The fourth-order valence-electron chi connectivity index (χ4n) is 3.32. The second kappa shape index (κ2) is 7.69. The molecule has 1 atom stereocenters. The Morgan fingerprint density at radius 3 is 2.26 bits per heavy atom. The third-order valence-corrected chi connectivity index (χ3v) is 4.66. The molecule has 1 heteroatoms. The maximum absolute atomic E-state index is 3.53. The molecule has 0 bridgehead atoms. The summed E-state index contributed by atoms with van der Waals surface area (Å²) in [5, 5.41) is 3.53. The molecule has 1 aromatic rings.